The van der Waals surface area contributed by atoms with Crippen molar-refractivity contribution in [1.29, 1.82) is 0 Å². The van der Waals surface area contributed by atoms with Crippen LogP contribution in [0, 0.1) is 0 Å². The minimum atomic E-state index is -0.286. The number of hydrogen-bond acceptors (Lipinski definition) is 5. The maximum Gasteiger partial charge on any atom is 0.200 e. The summed E-state index contributed by atoms with van der Waals surface area (Å²) in [5.74, 6) is -0.00179. The number of aliphatic hydroxyl groups is 1. The van der Waals surface area contributed by atoms with Crippen LogP contribution in [0.15, 0.2) is 51.4 Å². The lowest BCUT2D eigenvalue weighted by Gasteiger charge is -2.07. The molecule has 0 aliphatic heterocycles. The number of rotatable bonds is 5. The molecule has 0 fully saturated rings. The van der Waals surface area contributed by atoms with Crippen molar-refractivity contribution in [3.8, 4) is 16.9 Å². The van der Waals surface area contributed by atoms with Gasteiger partial charge in [-0.15, -0.1) is 0 Å². The number of allylic oxidation sites excluding steroid dienone is 1. The molecule has 5 heteroatoms. The Morgan fingerprint density at radius 1 is 1.21 bits per heavy atom. The van der Waals surface area contributed by atoms with Crippen LogP contribution in [0.2, 0.25) is 0 Å². The smallest absolute Gasteiger partial charge is 0.200 e. The Hall–Kier alpha value is -2.79. The molecule has 0 amide bonds. The van der Waals surface area contributed by atoms with Crippen LogP contribution < -0.4 is 16.1 Å². The van der Waals surface area contributed by atoms with E-state index in [0.29, 0.717) is 17.5 Å². The van der Waals surface area contributed by atoms with E-state index in [4.69, 9.17) is 9.15 Å². The molecule has 0 bridgehead atoms. The van der Waals surface area contributed by atoms with Gasteiger partial charge in [0.1, 0.15) is 12.0 Å². The molecule has 2 N–H and O–H groups in total. The summed E-state index contributed by atoms with van der Waals surface area (Å²) in [6.45, 7) is 9.62. The topological polar surface area (TPSA) is 79.9 Å². The lowest BCUT2D eigenvalue weighted by atomic mass is 10.1. The van der Waals surface area contributed by atoms with Gasteiger partial charge in [-0.3, -0.25) is 4.79 Å². The number of ether oxygens (including phenoxy) is 1. The van der Waals surface area contributed by atoms with Crippen molar-refractivity contribution in [3.05, 3.63) is 63.0 Å². The van der Waals surface area contributed by atoms with Gasteiger partial charge in [-0.1, -0.05) is 38.5 Å². The highest BCUT2D eigenvalue weighted by molar-refractivity contribution is 5.63. The first-order valence-corrected chi connectivity index (χ1v) is 9.41. The van der Waals surface area contributed by atoms with Crippen molar-refractivity contribution >= 4 is 11.8 Å². The Balaban J connectivity index is 0.00000190. The van der Waals surface area contributed by atoms with Crippen molar-refractivity contribution in [1.82, 2.24) is 0 Å². The Bertz CT molecular complexity index is 958. The molecule has 2 rings (SSSR count). The first-order valence-electron chi connectivity index (χ1n) is 9.41. The molecular formula is C23H30O5. The molecule has 152 valence electrons. The maximum absolute atomic E-state index is 13.1. The average molecular weight is 386 g/mol. The summed E-state index contributed by atoms with van der Waals surface area (Å²) in [5.41, 5.74) is 1.66. The van der Waals surface area contributed by atoms with Crippen molar-refractivity contribution in [2.45, 2.75) is 47.1 Å². The number of aromatic hydroxyl groups is 1. The summed E-state index contributed by atoms with van der Waals surface area (Å²) in [4.78, 5) is 13.1. The van der Waals surface area contributed by atoms with Gasteiger partial charge in [0.15, 0.2) is 16.6 Å². The van der Waals surface area contributed by atoms with Crippen LogP contribution in [0.5, 0.6) is 5.75 Å². The Morgan fingerprint density at radius 3 is 2.32 bits per heavy atom. The normalized spacial score (nSPS) is 13.3. The van der Waals surface area contributed by atoms with Crippen LogP contribution in [0.1, 0.15) is 41.0 Å². The van der Waals surface area contributed by atoms with E-state index in [9.17, 15) is 15.0 Å². The number of phenols is 1. The number of phenolic OH excluding ortho intramolecular Hbond substituents is 1. The molecule has 1 aromatic heterocycles. The van der Waals surface area contributed by atoms with Crippen molar-refractivity contribution in [3.63, 3.8) is 0 Å². The molecule has 5 nitrogen and oxygen atoms in total. The van der Waals surface area contributed by atoms with E-state index >= 15 is 0 Å². The fraction of sp³-hybridized carbons (Fsp3) is 0.348. The van der Waals surface area contributed by atoms with Crippen LogP contribution in [0.3, 0.4) is 0 Å². The number of benzene rings is 1. The molecule has 0 spiro atoms. The Kier molecular flexibility index (Phi) is 9.25. The molecule has 0 radical (unpaired) electrons. The third kappa shape index (κ3) is 5.86. The lowest BCUT2D eigenvalue weighted by Crippen LogP contribution is -2.42. The second kappa shape index (κ2) is 11.1. The van der Waals surface area contributed by atoms with E-state index in [1.54, 1.807) is 31.4 Å². The third-order valence-corrected chi connectivity index (χ3v) is 3.92. The maximum atomic E-state index is 13.1. The van der Waals surface area contributed by atoms with Crippen molar-refractivity contribution in [2.24, 2.45) is 0 Å². The third-order valence-electron chi connectivity index (χ3n) is 3.92. The van der Waals surface area contributed by atoms with E-state index in [0.717, 1.165) is 5.57 Å². The number of hydrogen-bond donors (Lipinski definition) is 2. The Morgan fingerprint density at radius 2 is 1.82 bits per heavy atom. The predicted octanol–water partition coefficient (Wildman–Crippen LogP) is 3.88. The molecule has 0 aliphatic rings. The van der Waals surface area contributed by atoms with Gasteiger partial charge in [-0.2, -0.15) is 0 Å². The minimum Gasteiger partial charge on any atom is -0.508 e. The zero-order valence-corrected chi connectivity index (χ0v) is 17.4. The van der Waals surface area contributed by atoms with E-state index < -0.39 is 0 Å². The SMILES string of the molecule is CC.CCC(/C=c1/c(=O)c(-c2ccc(O)cc2)co/c1=C(\O)C=C(C)C)OC. The monoisotopic (exact) mass is 386 g/mol. The van der Waals surface area contributed by atoms with E-state index in [1.807, 2.05) is 34.6 Å². The summed E-state index contributed by atoms with van der Waals surface area (Å²) in [7, 11) is 1.56. The summed E-state index contributed by atoms with van der Waals surface area (Å²) < 4.78 is 11.0. The minimum absolute atomic E-state index is 0.106. The van der Waals surface area contributed by atoms with Gasteiger partial charge in [0.2, 0.25) is 0 Å². The van der Waals surface area contributed by atoms with Gasteiger partial charge in [0.05, 0.1) is 16.9 Å². The molecule has 0 aliphatic carbocycles. The quantitative estimate of drug-likeness (QED) is 0.815. The van der Waals surface area contributed by atoms with Crippen LogP contribution in [-0.4, -0.2) is 23.4 Å². The molecule has 28 heavy (non-hydrogen) atoms. The second-order valence-electron chi connectivity index (χ2n) is 6.22. The molecule has 1 atom stereocenters. The molecule has 0 saturated carbocycles. The number of methoxy groups -OCH3 is 1. The van der Waals surface area contributed by atoms with Crippen molar-refractivity contribution < 1.29 is 19.4 Å². The fourth-order valence-corrected chi connectivity index (χ4v) is 2.55. The van der Waals surface area contributed by atoms with Gasteiger partial charge in [-0.05, 0) is 50.1 Å². The molecular weight excluding hydrogens is 356 g/mol. The number of aliphatic hydroxyl groups excluding tert-OH is 1. The molecule has 1 aromatic carbocycles. The van der Waals surface area contributed by atoms with E-state index in [-0.39, 0.29) is 33.7 Å². The van der Waals surface area contributed by atoms with Gasteiger partial charge in [0.25, 0.3) is 0 Å². The largest absolute Gasteiger partial charge is 0.508 e. The van der Waals surface area contributed by atoms with Gasteiger partial charge < -0.3 is 19.4 Å². The van der Waals surface area contributed by atoms with E-state index in [2.05, 4.69) is 0 Å². The lowest BCUT2D eigenvalue weighted by molar-refractivity contribution is 0.149. The highest BCUT2D eigenvalue weighted by atomic mass is 16.5. The first-order chi connectivity index (χ1) is 13.4. The van der Waals surface area contributed by atoms with Gasteiger partial charge >= 0.3 is 0 Å². The Labute approximate surface area is 165 Å². The summed E-state index contributed by atoms with van der Waals surface area (Å²) in [6, 6.07) is 6.28. The average Bonchev–Trinajstić information content (AvgIpc) is 2.68. The highest BCUT2D eigenvalue weighted by Gasteiger charge is 2.11. The fourth-order valence-electron chi connectivity index (χ4n) is 2.55. The van der Waals surface area contributed by atoms with Crippen LogP contribution in [-0.2, 0) is 4.74 Å². The summed E-state index contributed by atoms with van der Waals surface area (Å²) in [5, 5.41) is 20.1. The zero-order chi connectivity index (χ0) is 21.3. The molecule has 0 saturated heterocycles. The van der Waals surface area contributed by atoms with Crippen LogP contribution in [0.25, 0.3) is 23.0 Å². The van der Waals surface area contributed by atoms with Gasteiger partial charge in [-0.25, -0.2) is 0 Å². The van der Waals surface area contributed by atoms with Crippen LogP contribution in [0.4, 0.5) is 0 Å². The van der Waals surface area contributed by atoms with Gasteiger partial charge in [0, 0.05) is 7.11 Å². The standard InChI is InChI=1S/C21H24O5.C2H6/c1-5-16(25-4)11-17-20(24)18(14-6-8-15(22)9-7-14)12-26-21(17)19(23)10-13(2)3;1-2/h6-12,16,22-23H,5H2,1-4H3;1-2H3/b17-11-,21-19-;. The van der Waals surface area contributed by atoms with Crippen LogP contribution >= 0.6 is 0 Å². The summed E-state index contributed by atoms with van der Waals surface area (Å²) >= 11 is 0. The van der Waals surface area contributed by atoms with Crippen molar-refractivity contribution in [2.75, 3.05) is 7.11 Å². The van der Waals surface area contributed by atoms with E-state index in [1.165, 1.54) is 18.4 Å². The molecule has 1 heterocycles. The second-order valence-corrected chi connectivity index (χ2v) is 6.22. The predicted molar refractivity (Wildman–Crippen MR) is 114 cm³/mol. The zero-order valence-electron chi connectivity index (χ0n) is 17.4. The summed E-state index contributed by atoms with van der Waals surface area (Å²) in [6.07, 6.45) is 4.92. The molecule has 2 aromatic rings. The highest BCUT2D eigenvalue weighted by Crippen LogP contribution is 2.17. The first kappa shape index (κ1) is 23.2. The molecule has 1 unspecified atom stereocenters.